The van der Waals surface area contributed by atoms with Gasteiger partial charge in [-0.1, -0.05) is 37.1 Å². The number of likely N-dealkylation sites (tertiary alicyclic amines) is 1. The second-order valence-corrected chi connectivity index (χ2v) is 11.7. The van der Waals surface area contributed by atoms with Gasteiger partial charge in [-0.2, -0.15) is 0 Å². The molecule has 2 atom stereocenters. The Hall–Kier alpha value is -3.55. The molecule has 1 aliphatic heterocycles. The van der Waals surface area contributed by atoms with Crippen molar-refractivity contribution < 1.29 is 9.18 Å². The number of hydrogen-bond donors (Lipinski definition) is 3. The third kappa shape index (κ3) is 9.22. The maximum Gasteiger partial charge on any atom is 0.255 e. The van der Waals surface area contributed by atoms with E-state index in [-0.39, 0.29) is 23.8 Å². The lowest BCUT2D eigenvalue weighted by Crippen LogP contribution is -2.30. The van der Waals surface area contributed by atoms with Gasteiger partial charge in [0.05, 0.1) is 5.70 Å². The number of rotatable bonds is 14. The smallest absolute Gasteiger partial charge is 0.255 e. The molecule has 0 fully saturated rings. The van der Waals surface area contributed by atoms with Crippen molar-refractivity contribution in [3.8, 4) is 0 Å². The second kappa shape index (κ2) is 15.3. The Kier molecular flexibility index (Phi) is 11.5. The van der Waals surface area contributed by atoms with Crippen LogP contribution >= 0.6 is 0 Å². The van der Waals surface area contributed by atoms with Crippen LogP contribution in [0.15, 0.2) is 76.6 Å². The number of carbonyl (C=O) groups is 1. The van der Waals surface area contributed by atoms with Gasteiger partial charge >= 0.3 is 0 Å². The zero-order chi connectivity index (χ0) is 30.9. The third-order valence-corrected chi connectivity index (χ3v) is 8.00. The van der Waals surface area contributed by atoms with E-state index in [0.717, 1.165) is 63.1 Å². The summed E-state index contributed by atoms with van der Waals surface area (Å²) in [6.45, 7) is 17.8. The van der Waals surface area contributed by atoms with Crippen molar-refractivity contribution in [1.82, 2.24) is 15.5 Å². The molecule has 7 heteroatoms. The summed E-state index contributed by atoms with van der Waals surface area (Å²) in [4.78, 5) is 20.4. The number of benzene rings is 2. The van der Waals surface area contributed by atoms with Crippen LogP contribution < -0.4 is 16.0 Å². The van der Waals surface area contributed by atoms with Gasteiger partial charge in [0.1, 0.15) is 5.82 Å². The van der Waals surface area contributed by atoms with Gasteiger partial charge in [-0.3, -0.25) is 14.7 Å². The number of amides is 1. The van der Waals surface area contributed by atoms with E-state index in [4.69, 9.17) is 0 Å². The van der Waals surface area contributed by atoms with Crippen molar-refractivity contribution in [2.24, 2.45) is 4.99 Å². The van der Waals surface area contributed by atoms with Crippen LogP contribution in [0.1, 0.15) is 87.0 Å². The number of nitrogens with one attached hydrogen (secondary N) is 3. The molecule has 1 heterocycles. The van der Waals surface area contributed by atoms with Crippen molar-refractivity contribution in [3.63, 3.8) is 0 Å². The molecule has 2 aliphatic rings. The topological polar surface area (TPSA) is 68.8 Å². The Morgan fingerprint density at radius 3 is 2.51 bits per heavy atom. The Morgan fingerprint density at radius 1 is 1.09 bits per heavy atom. The molecule has 0 bridgehead atoms. The Bertz CT molecular complexity index is 1390. The highest BCUT2D eigenvalue weighted by Gasteiger charge is 2.26. The van der Waals surface area contributed by atoms with E-state index in [1.165, 1.54) is 17.2 Å². The van der Waals surface area contributed by atoms with Crippen molar-refractivity contribution >= 4 is 17.8 Å². The van der Waals surface area contributed by atoms with Crippen LogP contribution in [0.2, 0.25) is 0 Å². The zero-order valence-corrected chi connectivity index (χ0v) is 26.4. The highest BCUT2D eigenvalue weighted by Crippen LogP contribution is 2.37. The van der Waals surface area contributed by atoms with Crippen LogP contribution in [-0.4, -0.2) is 42.7 Å². The van der Waals surface area contributed by atoms with Gasteiger partial charge in [0.2, 0.25) is 0 Å². The Morgan fingerprint density at radius 2 is 1.84 bits per heavy atom. The molecule has 1 amide bonds. The van der Waals surface area contributed by atoms with Crippen LogP contribution in [0.5, 0.6) is 0 Å². The number of allylic oxidation sites excluding steroid dienone is 1. The van der Waals surface area contributed by atoms with Crippen LogP contribution in [0.25, 0.3) is 0 Å². The lowest BCUT2D eigenvalue weighted by Gasteiger charge is -2.23. The number of nitrogens with zero attached hydrogens (tertiary/aromatic N) is 2. The summed E-state index contributed by atoms with van der Waals surface area (Å²) in [5, 5.41) is 9.52. The van der Waals surface area contributed by atoms with E-state index in [9.17, 15) is 9.18 Å². The summed E-state index contributed by atoms with van der Waals surface area (Å²) >= 11 is 0. The highest BCUT2D eigenvalue weighted by molar-refractivity contribution is 6.04. The average Bonchev–Trinajstić information content (AvgIpc) is 3.76. The number of aliphatic imine (C=N–C) groups is 1. The number of halogens is 1. The third-order valence-electron chi connectivity index (χ3n) is 8.00. The molecular formula is C36H47FN5O. The summed E-state index contributed by atoms with van der Waals surface area (Å²) in [7, 11) is 0. The van der Waals surface area contributed by atoms with Crippen LogP contribution in [0.3, 0.4) is 0 Å². The average molecular weight is 585 g/mol. The van der Waals surface area contributed by atoms with Gasteiger partial charge in [-0.05, 0) is 94.0 Å². The van der Waals surface area contributed by atoms with Crippen LogP contribution in [-0.2, 0) is 13.0 Å². The minimum absolute atomic E-state index is 0.122. The Balaban J connectivity index is 1.40. The first-order valence-electron chi connectivity index (χ1n) is 15.6. The lowest BCUT2D eigenvalue weighted by molar-refractivity contribution is 0.102. The molecule has 2 aromatic rings. The molecule has 1 unspecified atom stereocenters. The summed E-state index contributed by atoms with van der Waals surface area (Å²) < 4.78 is 14.9. The molecule has 1 radical (unpaired) electrons. The maximum absolute atomic E-state index is 14.9. The summed E-state index contributed by atoms with van der Waals surface area (Å²) in [6.07, 6.45) is 10.2. The number of anilines is 1. The summed E-state index contributed by atoms with van der Waals surface area (Å²) in [6, 6.07) is 10.3. The first-order valence-corrected chi connectivity index (χ1v) is 15.6. The standard InChI is InChI=1S/C36H47FN5O/c1-7-9-27-19-30(10-11-31(27)23-42-16-14-28-18-29(28)15-17-42)36(43)41-32-12-13-34(37)33(20-32)26(6)40-25(5)21-39-35(24(3)4)22-38-8-2/h10-13,18-22,25-26,38,40H,3,7-9,14-17,23H2,1-2,4-6H3,(H,41,43)/b35-22+,39-21?/t25?,26-/m0/s1. The monoisotopic (exact) mass is 584 g/mol. The van der Waals surface area contributed by atoms with Crippen molar-refractivity contribution in [2.75, 3.05) is 25.0 Å². The molecule has 6 nitrogen and oxygen atoms in total. The van der Waals surface area contributed by atoms with Gasteiger partial charge in [0.25, 0.3) is 5.91 Å². The lowest BCUT2D eigenvalue weighted by atomic mass is 9.99. The van der Waals surface area contributed by atoms with Gasteiger partial charge < -0.3 is 16.0 Å². The molecule has 0 spiro atoms. The molecule has 229 valence electrons. The summed E-state index contributed by atoms with van der Waals surface area (Å²) in [5.74, 6) is -0.521. The largest absolute Gasteiger partial charge is 0.389 e. The Labute approximate surface area is 257 Å². The van der Waals surface area contributed by atoms with E-state index in [1.807, 2.05) is 46.0 Å². The predicted molar refractivity (Wildman–Crippen MR) is 177 cm³/mol. The van der Waals surface area contributed by atoms with E-state index >= 15 is 0 Å². The fourth-order valence-corrected chi connectivity index (χ4v) is 5.48. The maximum atomic E-state index is 14.9. The molecular weight excluding hydrogens is 537 g/mol. The van der Waals surface area contributed by atoms with Crippen molar-refractivity contribution in [3.05, 3.63) is 106 Å². The molecule has 43 heavy (non-hydrogen) atoms. The normalized spacial score (nSPS) is 16.9. The number of hydrogen-bond acceptors (Lipinski definition) is 5. The van der Waals surface area contributed by atoms with Crippen molar-refractivity contribution in [2.45, 2.75) is 78.9 Å². The molecule has 0 saturated carbocycles. The van der Waals surface area contributed by atoms with E-state index < -0.39 is 0 Å². The molecule has 0 aromatic heterocycles. The van der Waals surface area contributed by atoms with Crippen LogP contribution in [0, 0.1) is 12.2 Å². The first kappa shape index (κ1) is 32.4. The molecule has 2 aromatic carbocycles. The number of aryl methyl sites for hydroxylation is 1. The molecule has 4 rings (SSSR count). The molecule has 3 N–H and O–H groups in total. The SMILES string of the molecule is C=C(C)/C(=C\NCC)N=CC(C)N[C@@H](C)c1cc(NC(=O)c2ccc(CN3CCC4=C([CH]4)CC3)c(CCC)c2)ccc1F. The van der Waals surface area contributed by atoms with Gasteiger partial charge in [0.15, 0.2) is 0 Å². The minimum Gasteiger partial charge on any atom is -0.389 e. The fraction of sp³-hybridized carbons (Fsp3) is 0.417. The van der Waals surface area contributed by atoms with Crippen LogP contribution in [0.4, 0.5) is 10.1 Å². The first-order chi connectivity index (χ1) is 20.7. The second-order valence-electron chi connectivity index (χ2n) is 11.7. The zero-order valence-electron chi connectivity index (χ0n) is 26.4. The van der Waals surface area contributed by atoms with Gasteiger partial charge in [0, 0.05) is 73.9 Å². The number of carbonyl (C=O) groups excluding carboxylic acids is 1. The van der Waals surface area contributed by atoms with Gasteiger partial charge in [-0.15, -0.1) is 0 Å². The predicted octanol–water partition coefficient (Wildman–Crippen LogP) is 7.28. The molecule has 0 saturated heterocycles. The highest BCUT2D eigenvalue weighted by atomic mass is 19.1. The van der Waals surface area contributed by atoms with E-state index in [0.29, 0.717) is 16.8 Å². The fourth-order valence-electron chi connectivity index (χ4n) is 5.48. The van der Waals surface area contributed by atoms with E-state index in [1.54, 1.807) is 29.5 Å². The summed E-state index contributed by atoms with van der Waals surface area (Å²) in [5.41, 5.74) is 8.89. The molecule has 1 aliphatic carbocycles. The quantitative estimate of drug-likeness (QED) is 0.161. The minimum atomic E-state index is -0.327. The van der Waals surface area contributed by atoms with Gasteiger partial charge in [-0.25, -0.2) is 4.39 Å². The van der Waals surface area contributed by atoms with E-state index in [2.05, 4.69) is 51.8 Å². The van der Waals surface area contributed by atoms with Crippen molar-refractivity contribution in [1.29, 1.82) is 0 Å².